The number of carbonyl (C=O) groups excluding carboxylic acids is 1. The molecular formula is C21H20N4O3S2. The summed E-state index contributed by atoms with van der Waals surface area (Å²) in [7, 11) is 1.68. The van der Waals surface area contributed by atoms with Crippen molar-refractivity contribution >= 4 is 45.0 Å². The molecule has 0 radical (unpaired) electrons. The fourth-order valence-electron chi connectivity index (χ4n) is 3.04. The summed E-state index contributed by atoms with van der Waals surface area (Å²) >= 11 is 2.64. The van der Waals surface area contributed by atoms with Crippen LogP contribution in [0.25, 0.3) is 21.3 Å². The molecule has 1 amide bonds. The van der Waals surface area contributed by atoms with Crippen molar-refractivity contribution in [1.82, 2.24) is 14.7 Å². The summed E-state index contributed by atoms with van der Waals surface area (Å²) in [5, 5.41) is 9.47. The predicted octanol–water partition coefficient (Wildman–Crippen LogP) is 4.31. The van der Waals surface area contributed by atoms with Gasteiger partial charge >= 0.3 is 0 Å². The first kappa shape index (κ1) is 20.4. The van der Waals surface area contributed by atoms with E-state index in [-0.39, 0.29) is 17.2 Å². The summed E-state index contributed by atoms with van der Waals surface area (Å²) < 4.78 is 6.43. The molecule has 3 heterocycles. The number of thiophene rings is 1. The number of carbonyl (C=O) groups is 1. The lowest BCUT2D eigenvalue weighted by atomic mass is 10.0. The summed E-state index contributed by atoms with van der Waals surface area (Å²) in [5.41, 5.74) is 4.16. The van der Waals surface area contributed by atoms with Crippen molar-refractivity contribution < 1.29 is 9.32 Å². The van der Waals surface area contributed by atoms with Gasteiger partial charge in [-0.25, -0.2) is 4.98 Å². The molecule has 0 atom stereocenters. The second kappa shape index (κ2) is 8.08. The number of anilines is 1. The standard InChI is InChI=1S/C21H20N4O3S2/c1-11-5-6-14(7-12(11)2)15-9-29-19-18(15)20(27)25(4)21(23-19)30-10-17(26)22-16-8-13(3)28-24-16/h5-9H,10H2,1-4H3,(H,22,24,26). The van der Waals surface area contributed by atoms with Crippen molar-refractivity contribution in [3.05, 3.63) is 56.9 Å². The fourth-order valence-corrected chi connectivity index (χ4v) is 4.80. The molecule has 0 saturated heterocycles. The second-order valence-electron chi connectivity index (χ2n) is 7.05. The highest BCUT2D eigenvalue weighted by atomic mass is 32.2. The minimum atomic E-state index is -0.246. The third-order valence-electron chi connectivity index (χ3n) is 4.82. The van der Waals surface area contributed by atoms with Crippen LogP contribution in [0, 0.1) is 20.8 Å². The average molecular weight is 441 g/mol. The molecule has 4 aromatic rings. The van der Waals surface area contributed by atoms with Gasteiger partial charge in [0.2, 0.25) is 5.91 Å². The normalized spacial score (nSPS) is 11.2. The highest BCUT2D eigenvalue weighted by Crippen LogP contribution is 2.33. The maximum atomic E-state index is 13.1. The number of hydrogen-bond acceptors (Lipinski definition) is 7. The highest BCUT2D eigenvalue weighted by molar-refractivity contribution is 7.99. The molecule has 0 saturated carbocycles. The van der Waals surface area contributed by atoms with Crippen molar-refractivity contribution in [1.29, 1.82) is 0 Å². The maximum absolute atomic E-state index is 13.1. The van der Waals surface area contributed by atoms with Crippen molar-refractivity contribution in [3.63, 3.8) is 0 Å². The summed E-state index contributed by atoms with van der Waals surface area (Å²) in [5.74, 6) is 0.841. The number of fused-ring (bicyclic) bond motifs is 1. The molecule has 0 fully saturated rings. The van der Waals surface area contributed by atoms with E-state index in [1.807, 2.05) is 11.4 Å². The van der Waals surface area contributed by atoms with Gasteiger partial charge in [-0.3, -0.25) is 14.2 Å². The van der Waals surface area contributed by atoms with Crippen molar-refractivity contribution in [2.45, 2.75) is 25.9 Å². The molecule has 0 aliphatic carbocycles. The van der Waals surface area contributed by atoms with Crippen LogP contribution in [0.15, 0.2) is 44.1 Å². The highest BCUT2D eigenvalue weighted by Gasteiger charge is 2.17. The molecular weight excluding hydrogens is 420 g/mol. The van der Waals surface area contributed by atoms with Crippen LogP contribution in [0.1, 0.15) is 16.9 Å². The first-order valence-corrected chi connectivity index (χ1v) is 11.1. The molecule has 30 heavy (non-hydrogen) atoms. The van der Waals surface area contributed by atoms with E-state index in [0.29, 0.717) is 27.0 Å². The average Bonchev–Trinajstić information content (AvgIpc) is 3.31. The second-order valence-corrected chi connectivity index (χ2v) is 8.85. The number of amides is 1. The molecule has 0 spiro atoms. The van der Waals surface area contributed by atoms with Gasteiger partial charge in [-0.1, -0.05) is 35.1 Å². The Hall–Kier alpha value is -2.91. The molecule has 9 heteroatoms. The Morgan fingerprint density at radius 3 is 2.73 bits per heavy atom. The van der Waals surface area contributed by atoms with E-state index < -0.39 is 0 Å². The van der Waals surface area contributed by atoms with Gasteiger partial charge in [-0.05, 0) is 37.5 Å². The van der Waals surface area contributed by atoms with Crippen molar-refractivity contribution in [3.8, 4) is 11.1 Å². The van der Waals surface area contributed by atoms with Gasteiger partial charge in [-0.15, -0.1) is 11.3 Å². The lowest BCUT2D eigenvalue weighted by Crippen LogP contribution is -2.21. The molecule has 0 bridgehead atoms. The quantitative estimate of drug-likeness (QED) is 0.367. The summed E-state index contributed by atoms with van der Waals surface area (Å²) in [6, 6.07) is 7.82. The fraction of sp³-hybridized carbons (Fsp3) is 0.238. The van der Waals surface area contributed by atoms with Crippen LogP contribution in [0.5, 0.6) is 0 Å². The van der Waals surface area contributed by atoms with Crippen LogP contribution in [0.4, 0.5) is 5.82 Å². The molecule has 154 valence electrons. The molecule has 0 unspecified atom stereocenters. The summed E-state index contributed by atoms with van der Waals surface area (Å²) in [6.07, 6.45) is 0. The Morgan fingerprint density at radius 1 is 1.23 bits per heavy atom. The van der Waals surface area contributed by atoms with E-state index in [1.165, 1.54) is 38.8 Å². The zero-order chi connectivity index (χ0) is 21.4. The van der Waals surface area contributed by atoms with E-state index in [9.17, 15) is 9.59 Å². The summed E-state index contributed by atoms with van der Waals surface area (Å²) in [6.45, 7) is 5.87. The molecule has 3 aromatic heterocycles. The summed E-state index contributed by atoms with van der Waals surface area (Å²) in [4.78, 5) is 30.6. The van der Waals surface area contributed by atoms with E-state index in [4.69, 9.17) is 4.52 Å². The Morgan fingerprint density at radius 2 is 2.03 bits per heavy atom. The van der Waals surface area contributed by atoms with Gasteiger partial charge in [-0.2, -0.15) is 0 Å². The third kappa shape index (κ3) is 3.90. The number of nitrogens with zero attached hydrogens (tertiary/aromatic N) is 3. The van der Waals surface area contributed by atoms with E-state index in [2.05, 4.69) is 41.4 Å². The number of aryl methyl sites for hydroxylation is 3. The third-order valence-corrected chi connectivity index (χ3v) is 6.72. The van der Waals surface area contributed by atoms with Gasteiger partial charge < -0.3 is 9.84 Å². The zero-order valence-corrected chi connectivity index (χ0v) is 18.6. The Balaban J connectivity index is 1.60. The minimum Gasteiger partial charge on any atom is -0.360 e. The molecule has 4 rings (SSSR count). The Kier molecular flexibility index (Phi) is 5.48. The van der Waals surface area contributed by atoms with Gasteiger partial charge in [0.25, 0.3) is 5.56 Å². The van der Waals surface area contributed by atoms with Crippen LogP contribution >= 0.6 is 23.1 Å². The zero-order valence-electron chi connectivity index (χ0n) is 17.0. The first-order valence-electron chi connectivity index (χ1n) is 9.25. The van der Waals surface area contributed by atoms with E-state index in [0.717, 1.165) is 11.1 Å². The van der Waals surface area contributed by atoms with Gasteiger partial charge in [0.15, 0.2) is 11.0 Å². The number of thioether (sulfide) groups is 1. The van der Waals surface area contributed by atoms with Crippen LogP contribution < -0.4 is 10.9 Å². The van der Waals surface area contributed by atoms with Gasteiger partial charge in [0.1, 0.15) is 10.6 Å². The molecule has 7 nitrogen and oxygen atoms in total. The van der Waals surface area contributed by atoms with Gasteiger partial charge in [0, 0.05) is 24.1 Å². The maximum Gasteiger partial charge on any atom is 0.263 e. The van der Waals surface area contributed by atoms with Crippen LogP contribution in [-0.4, -0.2) is 26.4 Å². The van der Waals surface area contributed by atoms with Gasteiger partial charge in [0.05, 0.1) is 11.1 Å². The SMILES string of the molecule is Cc1cc(NC(=O)CSc2nc3scc(-c4ccc(C)c(C)c4)c3c(=O)n2C)no1. The first-order chi connectivity index (χ1) is 14.3. The Labute approximate surface area is 181 Å². The number of rotatable bonds is 5. The molecule has 0 aliphatic rings. The smallest absolute Gasteiger partial charge is 0.263 e. The molecule has 0 aliphatic heterocycles. The van der Waals surface area contributed by atoms with E-state index in [1.54, 1.807) is 20.0 Å². The lowest BCUT2D eigenvalue weighted by molar-refractivity contribution is -0.113. The van der Waals surface area contributed by atoms with Crippen LogP contribution in [0.2, 0.25) is 0 Å². The lowest BCUT2D eigenvalue weighted by Gasteiger charge is -2.08. The topological polar surface area (TPSA) is 90.0 Å². The number of hydrogen-bond donors (Lipinski definition) is 1. The molecule has 1 aromatic carbocycles. The molecule has 1 N–H and O–H groups in total. The number of benzene rings is 1. The largest absolute Gasteiger partial charge is 0.360 e. The van der Waals surface area contributed by atoms with Crippen molar-refractivity contribution in [2.75, 3.05) is 11.1 Å². The van der Waals surface area contributed by atoms with Crippen LogP contribution in [-0.2, 0) is 11.8 Å². The minimum absolute atomic E-state index is 0.104. The van der Waals surface area contributed by atoms with E-state index >= 15 is 0 Å². The monoisotopic (exact) mass is 440 g/mol. The number of aromatic nitrogens is 3. The predicted molar refractivity (Wildman–Crippen MR) is 120 cm³/mol. The van der Waals surface area contributed by atoms with Crippen molar-refractivity contribution in [2.24, 2.45) is 7.05 Å². The van der Waals surface area contributed by atoms with Crippen LogP contribution in [0.3, 0.4) is 0 Å². The number of nitrogens with one attached hydrogen (secondary N) is 1. The Bertz CT molecular complexity index is 1320.